The van der Waals surface area contributed by atoms with Gasteiger partial charge in [0, 0.05) is 18.7 Å². The summed E-state index contributed by atoms with van der Waals surface area (Å²) in [6.45, 7) is 2.54. The Balaban J connectivity index is 2.12. The molecule has 1 heterocycles. The molecule has 1 N–H and O–H groups in total. The number of hydrogen-bond acceptors (Lipinski definition) is 4. The summed E-state index contributed by atoms with van der Waals surface area (Å²) in [6, 6.07) is 10.6. The van der Waals surface area contributed by atoms with Crippen LogP contribution in [0.15, 0.2) is 42.7 Å². The summed E-state index contributed by atoms with van der Waals surface area (Å²) >= 11 is 0. The zero-order valence-corrected chi connectivity index (χ0v) is 11.3. The maximum atomic E-state index is 5.37. The minimum Gasteiger partial charge on any atom is -0.477 e. The maximum Gasteiger partial charge on any atom is 0.232 e. The standard InChI is InChI=1S/C15H19N3O/c1-3-19-15-11-17-10-13(18-15)9-14(16-2)12-7-5-4-6-8-12/h4-8,10-11,14,16H,3,9H2,1-2H3. The van der Waals surface area contributed by atoms with Crippen LogP contribution < -0.4 is 10.1 Å². The van der Waals surface area contributed by atoms with Gasteiger partial charge in [-0.3, -0.25) is 4.98 Å². The molecule has 2 rings (SSSR count). The topological polar surface area (TPSA) is 47.0 Å². The van der Waals surface area contributed by atoms with E-state index in [1.165, 1.54) is 5.56 Å². The number of nitrogens with zero attached hydrogens (tertiary/aromatic N) is 2. The Bertz CT molecular complexity index is 502. The second-order valence-corrected chi connectivity index (χ2v) is 4.24. The molecule has 0 amide bonds. The van der Waals surface area contributed by atoms with Crippen molar-refractivity contribution < 1.29 is 4.74 Å². The van der Waals surface area contributed by atoms with Crippen molar-refractivity contribution in [2.75, 3.05) is 13.7 Å². The monoisotopic (exact) mass is 257 g/mol. The third-order valence-electron chi connectivity index (χ3n) is 2.92. The second-order valence-electron chi connectivity index (χ2n) is 4.24. The van der Waals surface area contributed by atoms with Crippen LogP contribution in [0.1, 0.15) is 24.2 Å². The molecule has 0 aliphatic rings. The van der Waals surface area contributed by atoms with E-state index in [0.717, 1.165) is 12.1 Å². The Kier molecular flexibility index (Phi) is 4.86. The molecular formula is C15H19N3O. The lowest BCUT2D eigenvalue weighted by Gasteiger charge is -2.16. The van der Waals surface area contributed by atoms with E-state index in [2.05, 4.69) is 27.4 Å². The van der Waals surface area contributed by atoms with Crippen molar-refractivity contribution >= 4 is 0 Å². The van der Waals surface area contributed by atoms with E-state index in [1.807, 2.05) is 32.2 Å². The fourth-order valence-electron chi connectivity index (χ4n) is 1.98. The normalized spacial score (nSPS) is 12.1. The van der Waals surface area contributed by atoms with E-state index in [4.69, 9.17) is 4.74 Å². The third-order valence-corrected chi connectivity index (χ3v) is 2.92. The average molecular weight is 257 g/mol. The van der Waals surface area contributed by atoms with Crippen LogP contribution in [0.4, 0.5) is 0 Å². The molecule has 0 saturated carbocycles. The van der Waals surface area contributed by atoms with E-state index in [-0.39, 0.29) is 6.04 Å². The average Bonchev–Trinajstić information content (AvgIpc) is 2.46. The molecule has 100 valence electrons. The van der Waals surface area contributed by atoms with Gasteiger partial charge in [-0.2, -0.15) is 0 Å². The first-order valence-corrected chi connectivity index (χ1v) is 6.49. The maximum absolute atomic E-state index is 5.37. The van der Waals surface area contributed by atoms with Crippen molar-refractivity contribution in [1.82, 2.24) is 15.3 Å². The molecule has 1 aromatic heterocycles. The lowest BCUT2D eigenvalue weighted by molar-refractivity contribution is 0.323. The summed E-state index contributed by atoms with van der Waals surface area (Å²) in [5, 5.41) is 3.31. The largest absolute Gasteiger partial charge is 0.477 e. The molecule has 4 heteroatoms. The van der Waals surface area contributed by atoms with E-state index in [0.29, 0.717) is 12.5 Å². The third kappa shape index (κ3) is 3.76. The Morgan fingerprint density at radius 2 is 2.00 bits per heavy atom. The first kappa shape index (κ1) is 13.5. The van der Waals surface area contributed by atoms with Crippen molar-refractivity contribution in [2.45, 2.75) is 19.4 Å². The van der Waals surface area contributed by atoms with Crippen LogP contribution >= 0.6 is 0 Å². The fourth-order valence-corrected chi connectivity index (χ4v) is 1.98. The minimum atomic E-state index is 0.229. The Labute approximate surface area is 113 Å². The molecule has 0 saturated heterocycles. The zero-order valence-electron chi connectivity index (χ0n) is 11.3. The van der Waals surface area contributed by atoms with Crippen molar-refractivity contribution in [1.29, 1.82) is 0 Å². The predicted octanol–water partition coefficient (Wildman–Crippen LogP) is 2.38. The molecule has 4 nitrogen and oxygen atoms in total. The molecular weight excluding hydrogens is 238 g/mol. The molecule has 0 radical (unpaired) electrons. The van der Waals surface area contributed by atoms with E-state index in [9.17, 15) is 0 Å². The van der Waals surface area contributed by atoms with Crippen LogP contribution in [-0.4, -0.2) is 23.6 Å². The molecule has 1 aromatic carbocycles. The first-order chi connectivity index (χ1) is 9.33. The van der Waals surface area contributed by atoms with Crippen LogP contribution in [0.2, 0.25) is 0 Å². The molecule has 0 aliphatic carbocycles. The molecule has 0 aliphatic heterocycles. The van der Waals surface area contributed by atoms with Crippen molar-refractivity contribution in [3.05, 3.63) is 54.0 Å². The van der Waals surface area contributed by atoms with Gasteiger partial charge in [0.2, 0.25) is 5.88 Å². The van der Waals surface area contributed by atoms with Crippen molar-refractivity contribution in [2.24, 2.45) is 0 Å². The smallest absolute Gasteiger partial charge is 0.232 e. The fraction of sp³-hybridized carbons (Fsp3) is 0.333. The summed E-state index contributed by atoms with van der Waals surface area (Å²) in [7, 11) is 1.96. The quantitative estimate of drug-likeness (QED) is 0.863. The summed E-state index contributed by atoms with van der Waals surface area (Å²) in [4.78, 5) is 8.62. The van der Waals surface area contributed by atoms with Crippen LogP contribution in [0, 0.1) is 0 Å². The van der Waals surface area contributed by atoms with E-state index < -0.39 is 0 Å². The zero-order chi connectivity index (χ0) is 13.5. The highest BCUT2D eigenvalue weighted by Crippen LogP contribution is 2.17. The molecule has 19 heavy (non-hydrogen) atoms. The SMILES string of the molecule is CCOc1cncc(CC(NC)c2ccccc2)n1. The van der Waals surface area contributed by atoms with E-state index in [1.54, 1.807) is 12.4 Å². The number of likely N-dealkylation sites (N-methyl/N-ethyl adjacent to an activating group) is 1. The van der Waals surface area contributed by atoms with Gasteiger partial charge in [-0.25, -0.2) is 4.98 Å². The number of benzene rings is 1. The second kappa shape index (κ2) is 6.85. The van der Waals surface area contributed by atoms with Gasteiger partial charge in [-0.05, 0) is 19.5 Å². The van der Waals surface area contributed by atoms with Crippen LogP contribution in [-0.2, 0) is 6.42 Å². The number of aromatic nitrogens is 2. The van der Waals surface area contributed by atoms with Crippen molar-refractivity contribution in [3.63, 3.8) is 0 Å². The van der Waals surface area contributed by atoms with Gasteiger partial charge < -0.3 is 10.1 Å². The van der Waals surface area contributed by atoms with Crippen LogP contribution in [0.3, 0.4) is 0 Å². The molecule has 0 bridgehead atoms. The van der Waals surface area contributed by atoms with Crippen LogP contribution in [0.5, 0.6) is 5.88 Å². The highest BCUT2D eigenvalue weighted by atomic mass is 16.5. The number of hydrogen-bond donors (Lipinski definition) is 1. The number of ether oxygens (including phenoxy) is 1. The van der Waals surface area contributed by atoms with Gasteiger partial charge in [-0.1, -0.05) is 30.3 Å². The first-order valence-electron chi connectivity index (χ1n) is 6.49. The Hall–Kier alpha value is -1.94. The number of rotatable bonds is 6. The van der Waals surface area contributed by atoms with Gasteiger partial charge in [0.1, 0.15) is 0 Å². The lowest BCUT2D eigenvalue weighted by atomic mass is 10.0. The van der Waals surface area contributed by atoms with Gasteiger partial charge in [0.25, 0.3) is 0 Å². The minimum absolute atomic E-state index is 0.229. The van der Waals surface area contributed by atoms with Gasteiger partial charge in [0.15, 0.2) is 0 Å². The Morgan fingerprint density at radius 1 is 1.21 bits per heavy atom. The summed E-state index contributed by atoms with van der Waals surface area (Å²) in [6.07, 6.45) is 4.22. The van der Waals surface area contributed by atoms with Gasteiger partial charge in [0.05, 0.1) is 18.5 Å². The van der Waals surface area contributed by atoms with Crippen LogP contribution in [0.25, 0.3) is 0 Å². The van der Waals surface area contributed by atoms with Crippen molar-refractivity contribution in [3.8, 4) is 5.88 Å². The molecule has 0 spiro atoms. The summed E-state index contributed by atoms with van der Waals surface area (Å²) in [5.41, 5.74) is 2.17. The predicted molar refractivity (Wildman–Crippen MR) is 75.1 cm³/mol. The highest BCUT2D eigenvalue weighted by molar-refractivity contribution is 5.21. The van der Waals surface area contributed by atoms with Gasteiger partial charge in [-0.15, -0.1) is 0 Å². The highest BCUT2D eigenvalue weighted by Gasteiger charge is 2.11. The molecule has 0 fully saturated rings. The Morgan fingerprint density at radius 3 is 2.68 bits per heavy atom. The molecule has 1 atom stereocenters. The molecule has 2 aromatic rings. The van der Waals surface area contributed by atoms with Gasteiger partial charge >= 0.3 is 0 Å². The number of nitrogens with one attached hydrogen (secondary N) is 1. The lowest BCUT2D eigenvalue weighted by Crippen LogP contribution is -2.19. The summed E-state index contributed by atoms with van der Waals surface area (Å²) < 4.78 is 5.37. The molecule has 1 unspecified atom stereocenters. The van der Waals surface area contributed by atoms with E-state index >= 15 is 0 Å². The summed E-state index contributed by atoms with van der Waals surface area (Å²) in [5.74, 6) is 0.586.